The van der Waals surface area contributed by atoms with Crippen molar-refractivity contribution in [2.24, 2.45) is 11.8 Å². The largest absolute Gasteiger partial charge is 0.481 e. The molecule has 0 saturated carbocycles. The van der Waals surface area contributed by atoms with Crippen LogP contribution in [0.25, 0.3) is 0 Å². The fourth-order valence-corrected chi connectivity index (χ4v) is 3.33. The number of nitrogens with zero attached hydrogens (tertiary/aromatic N) is 2. The van der Waals surface area contributed by atoms with Crippen LogP contribution in [0.15, 0.2) is 30.3 Å². The van der Waals surface area contributed by atoms with Gasteiger partial charge in [0.25, 0.3) is 0 Å². The van der Waals surface area contributed by atoms with E-state index in [0.717, 1.165) is 10.5 Å². The lowest BCUT2D eigenvalue weighted by molar-refractivity contribution is -0.187. The number of hydrogen-bond acceptors (Lipinski definition) is 3. The molecular formula is C18H24F3N3O3. The number of carbonyl (C=O) groups excluding carboxylic acids is 1. The van der Waals surface area contributed by atoms with Crippen molar-refractivity contribution in [3.63, 3.8) is 0 Å². The van der Waals surface area contributed by atoms with Gasteiger partial charge in [-0.2, -0.15) is 13.2 Å². The standard InChI is InChI=1S/C18H24F3N3O3/c1-12(8-23(2)9-13-6-4-3-5-7-13)22-17(27)24-10-14(16(25)26)15(11-24)18(19,20)21/h3-7,12,14-15H,8-11H2,1-2H3,(H,22,27)(H,25,26)/t12?,14-,15-/m1/s1. The number of rotatable bonds is 6. The average molecular weight is 387 g/mol. The molecule has 1 aromatic rings. The quantitative estimate of drug-likeness (QED) is 0.786. The summed E-state index contributed by atoms with van der Waals surface area (Å²) in [5, 5.41) is 11.7. The molecule has 1 fully saturated rings. The lowest BCUT2D eigenvalue weighted by atomic mass is 9.96. The van der Waals surface area contributed by atoms with Crippen molar-refractivity contribution in [2.75, 3.05) is 26.7 Å². The SMILES string of the molecule is CC(CN(C)Cc1ccccc1)NC(=O)N1C[C@@H](C(F)(F)F)[C@H](C(=O)O)C1. The molecule has 1 unspecified atom stereocenters. The third-order valence-corrected chi connectivity index (χ3v) is 4.60. The van der Waals surface area contributed by atoms with Crippen LogP contribution in [0.3, 0.4) is 0 Å². The molecule has 9 heteroatoms. The van der Waals surface area contributed by atoms with Gasteiger partial charge in [-0.3, -0.25) is 4.79 Å². The summed E-state index contributed by atoms with van der Waals surface area (Å²) in [6.07, 6.45) is -4.65. The van der Waals surface area contributed by atoms with Crippen LogP contribution in [0, 0.1) is 11.8 Å². The normalized spacial score (nSPS) is 21.3. The van der Waals surface area contributed by atoms with Crippen LogP contribution in [0.4, 0.5) is 18.0 Å². The maximum absolute atomic E-state index is 13.0. The second-order valence-electron chi connectivity index (χ2n) is 7.03. The molecule has 1 saturated heterocycles. The summed E-state index contributed by atoms with van der Waals surface area (Å²) in [5.41, 5.74) is 1.11. The van der Waals surface area contributed by atoms with E-state index in [9.17, 15) is 22.8 Å². The van der Waals surface area contributed by atoms with Crippen molar-refractivity contribution < 1.29 is 27.9 Å². The number of aliphatic carboxylic acids is 1. The van der Waals surface area contributed by atoms with Gasteiger partial charge in [-0.05, 0) is 19.5 Å². The fraction of sp³-hybridized carbons (Fsp3) is 0.556. The number of amides is 2. The molecule has 1 heterocycles. The number of carboxylic acids is 1. The van der Waals surface area contributed by atoms with Crippen LogP contribution in [0.1, 0.15) is 12.5 Å². The summed E-state index contributed by atoms with van der Waals surface area (Å²) in [6.45, 7) is 1.84. The third kappa shape index (κ3) is 5.85. The van der Waals surface area contributed by atoms with E-state index in [0.29, 0.717) is 13.1 Å². The molecular weight excluding hydrogens is 363 g/mol. The fourth-order valence-electron chi connectivity index (χ4n) is 3.33. The number of likely N-dealkylation sites (N-methyl/N-ethyl adjacent to an activating group) is 1. The van der Waals surface area contributed by atoms with Gasteiger partial charge in [0.05, 0.1) is 11.8 Å². The molecule has 0 aliphatic carbocycles. The first-order chi connectivity index (χ1) is 12.6. The van der Waals surface area contributed by atoms with Crippen LogP contribution in [-0.2, 0) is 11.3 Å². The van der Waals surface area contributed by atoms with Crippen molar-refractivity contribution in [3.05, 3.63) is 35.9 Å². The zero-order valence-electron chi connectivity index (χ0n) is 15.2. The molecule has 27 heavy (non-hydrogen) atoms. The lowest BCUT2D eigenvalue weighted by Crippen LogP contribution is -2.47. The summed E-state index contributed by atoms with van der Waals surface area (Å²) in [6, 6.07) is 8.75. The predicted molar refractivity (Wildman–Crippen MR) is 93.0 cm³/mol. The Morgan fingerprint density at radius 3 is 2.44 bits per heavy atom. The van der Waals surface area contributed by atoms with Crippen LogP contribution in [0.5, 0.6) is 0 Å². The van der Waals surface area contributed by atoms with Crippen LogP contribution in [-0.4, -0.2) is 65.8 Å². The van der Waals surface area contributed by atoms with E-state index < -0.39 is 43.1 Å². The number of urea groups is 1. The van der Waals surface area contributed by atoms with Crippen molar-refractivity contribution in [1.82, 2.24) is 15.1 Å². The highest BCUT2D eigenvalue weighted by molar-refractivity contribution is 5.78. The Kier molecular flexibility index (Phi) is 6.69. The van der Waals surface area contributed by atoms with Gasteiger partial charge in [0.2, 0.25) is 0 Å². The molecule has 2 rings (SSSR count). The second kappa shape index (κ2) is 8.60. The molecule has 6 nitrogen and oxygen atoms in total. The Hall–Kier alpha value is -2.29. The zero-order chi connectivity index (χ0) is 20.2. The minimum Gasteiger partial charge on any atom is -0.481 e. The van der Waals surface area contributed by atoms with E-state index in [1.807, 2.05) is 42.3 Å². The number of carbonyl (C=O) groups is 2. The van der Waals surface area contributed by atoms with E-state index in [2.05, 4.69) is 5.32 Å². The highest BCUT2D eigenvalue weighted by Gasteiger charge is 2.53. The summed E-state index contributed by atoms with van der Waals surface area (Å²) >= 11 is 0. The molecule has 2 N–H and O–H groups in total. The van der Waals surface area contributed by atoms with Crippen molar-refractivity contribution in [2.45, 2.75) is 25.7 Å². The lowest BCUT2D eigenvalue weighted by Gasteiger charge is -2.25. The first kappa shape index (κ1) is 21.0. The molecule has 1 aliphatic heterocycles. The smallest absolute Gasteiger partial charge is 0.394 e. The molecule has 150 valence electrons. The Morgan fingerprint density at radius 1 is 1.30 bits per heavy atom. The van der Waals surface area contributed by atoms with Gasteiger partial charge in [-0.25, -0.2) is 4.79 Å². The van der Waals surface area contributed by atoms with E-state index in [1.54, 1.807) is 6.92 Å². The number of halogens is 3. The molecule has 1 aliphatic rings. The number of alkyl halides is 3. The second-order valence-corrected chi connectivity index (χ2v) is 7.03. The number of likely N-dealkylation sites (tertiary alicyclic amines) is 1. The monoisotopic (exact) mass is 387 g/mol. The number of hydrogen-bond donors (Lipinski definition) is 2. The van der Waals surface area contributed by atoms with Crippen LogP contribution >= 0.6 is 0 Å². The Morgan fingerprint density at radius 2 is 1.93 bits per heavy atom. The number of carboxylic acid groups (broad SMARTS) is 1. The summed E-state index contributed by atoms with van der Waals surface area (Å²) < 4.78 is 39.1. The zero-order valence-corrected chi connectivity index (χ0v) is 15.2. The van der Waals surface area contributed by atoms with Gasteiger partial charge in [0.15, 0.2) is 0 Å². The molecule has 0 aromatic heterocycles. The number of benzene rings is 1. The van der Waals surface area contributed by atoms with Crippen molar-refractivity contribution in [3.8, 4) is 0 Å². The highest BCUT2D eigenvalue weighted by Crippen LogP contribution is 2.37. The third-order valence-electron chi connectivity index (χ3n) is 4.60. The van der Waals surface area contributed by atoms with E-state index in [4.69, 9.17) is 5.11 Å². The van der Waals surface area contributed by atoms with Crippen LogP contribution < -0.4 is 5.32 Å². The van der Waals surface area contributed by atoms with E-state index in [-0.39, 0.29) is 6.04 Å². The molecule has 1 aromatic carbocycles. The van der Waals surface area contributed by atoms with Gasteiger partial charge in [-0.1, -0.05) is 30.3 Å². The van der Waals surface area contributed by atoms with E-state index in [1.165, 1.54) is 0 Å². The topological polar surface area (TPSA) is 72.9 Å². The maximum Gasteiger partial charge on any atom is 0.394 e. The summed E-state index contributed by atoms with van der Waals surface area (Å²) in [4.78, 5) is 26.3. The van der Waals surface area contributed by atoms with Gasteiger partial charge >= 0.3 is 18.2 Å². The highest BCUT2D eigenvalue weighted by atomic mass is 19.4. The first-order valence-electron chi connectivity index (χ1n) is 8.65. The molecule has 0 bridgehead atoms. The van der Waals surface area contributed by atoms with Gasteiger partial charge in [-0.15, -0.1) is 0 Å². The Bertz CT molecular complexity index is 654. The minimum atomic E-state index is -4.65. The summed E-state index contributed by atoms with van der Waals surface area (Å²) in [5.74, 6) is -5.22. The van der Waals surface area contributed by atoms with Gasteiger partial charge in [0.1, 0.15) is 0 Å². The summed E-state index contributed by atoms with van der Waals surface area (Å²) in [7, 11) is 1.88. The molecule has 0 spiro atoms. The van der Waals surface area contributed by atoms with E-state index >= 15 is 0 Å². The molecule has 2 amide bonds. The van der Waals surface area contributed by atoms with Gasteiger partial charge < -0.3 is 20.2 Å². The minimum absolute atomic E-state index is 0.306. The Balaban J connectivity index is 1.87. The molecule has 0 radical (unpaired) electrons. The van der Waals surface area contributed by atoms with Crippen molar-refractivity contribution in [1.29, 1.82) is 0 Å². The first-order valence-corrected chi connectivity index (χ1v) is 8.65. The van der Waals surface area contributed by atoms with Gasteiger partial charge in [0, 0.05) is 32.2 Å². The van der Waals surface area contributed by atoms with Crippen LogP contribution in [0.2, 0.25) is 0 Å². The maximum atomic E-state index is 13.0. The predicted octanol–water partition coefficient (Wildman–Crippen LogP) is 2.41. The number of nitrogens with one attached hydrogen (secondary N) is 1. The Labute approximate surface area is 155 Å². The molecule has 3 atom stereocenters. The van der Waals surface area contributed by atoms with Crippen molar-refractivity contribution >= 4 is 12.0 Å². The average Bonchev–Trinajstić information content (AvgIpc) is 3.01.